The molecule has 0 saturated heterocycles. The van der Waals surface area contributed by atoms with Crippen molar-refractivity contribution in [2.45, 2.75) is 18.2 Å². The van der Waals surface area contributed by atoms with Gasteiger partial charge in [0.25, 0.3) is 0 Å². The lowest BCUT2D eigenvalue weighted by Gasteiger charge is -1.94. The van der Waals surface area contributed by atoms with E-state index < -0.39 is 10.7 Å². The molecule has 0 aromatic heterocycles. The van der Waals surface area contributed by atoms with Gasteiger partial charge in [-0.25, -0.2) is 8.42 Å². The Morgan fingerprint density at radius 1 is 1.18 bits per heavy atom. The van der Waals surface area contributed by atoms with E-state index in [9.17, 15) is 8.42 Å². The summed E-state index contributed by atoms with van der Waals surface area (Å²) in [7, 11) is -2.41. The van der Waals surface area contributed by atoms with Gasteiger partial charge in [0.1, 0.15) is 0 Å². The van der Waals surface area contributed by atoms with E-state index in [1.165, 1.54) is 0 Å². The van der Waals surface area contributed by atoms with Crippen molar-refractivity contribution in [1.29, 1.82) is 0 Å². The van der Waals surface area contributed by atoms with E-state index in [0.717, 1.165) is 12.0 Å². The van der Waals surface area contributed by atoms with Crippen molar-refractivity contribution in [3.05, 3.63) is 29.8 Å². The average Bonchev–Trinajstić information content (AvgIpc) is 2.05. The fourth-order valence-electron chi connectivity index (χ4n) is 0.853. The lowest BCUT2D eigenvalue weighted by Crippen LogP contribution is -1.82. The van der Waals surface area contributed by atoms with E-state index in [1.807, 2.05) is 19.1 Å². The Balaban J connectivity index is 3.01. The van der Waals surface area contributed by atoms with Crippen LogP contribution in [-0.4, -0.2) is 8.42 Å². The standard InChI is InChI=1S/C8H10O2S/c1-2-7-3-5-8(6-4-7)11(9)10/h3-6,11H,2H2,1H3. The van der Waals surface area contributed by atoms with Crippen LogP contribution >= 0.6 is 0 Å². The van der Waals surface area contributed by atoms with Crippen LogP contribution in [0.1, 0.15) is 12.5 Å². The maximum atomic E-state index is 10.4. The molecule has 1 aromatic rings. The van der Waals surface area contributed by atoms with E-state index in [2.05, 4.69) is 0 Å². The maximum absolute atomic E-state index is 10.4. The van der Waals surface area contributed by atoms with Crippen molar-refractivity contribution in [2.75, 3.05) is 0 Å². The second kappa shape index (κ2) is 3.53. The molecule has 60 valence electrons. The molecule has 0 saturated carbocycles. The van der Waals surface area contributed by atoms with Gasteiger partial charge in [0.15, 0.2) is 10.7 Å². The van der Waals surface area contributed by atoms with Gasteiger partial charge in [0.05, 0.1) is 4.90 Å². The topological polar surface area (TPSA) is 34.1 Å². The summed E-state index contributed by atoms with van der Waals surface area (Å²) in [5.74, 6) is 0. The third-order valence-electron chi connectivity index (χ3n) is 1.56. The first-order valence-electron chi connectivity index (χ1n) is 3.47. The van der Waals surface area contributed by atoms with Crippen LogP contribution in [0, 0.1) is 0 Å². The van der Waals surface area contributed by atoms with E-state index in [0.29, 0.717) is 4.90 Å². The minimum atomic E-state index is -2.41. The third kappa shape index (κ3) is 2.05. The zero-order valence-corrected chi connectivity index (χ0v) is 7.17. The van der Waals surface area contributed by atoms with Gasteiger partial charge in [-0.05, 0) is 24.1 Å². The van der Waals surface area contributed by atoms with Crippen molar-refractivity contribution in [1.82, 2.24) is 0 Å². The lowest BCUT2D eigenvalue weighted by atomic mass is 10.2. The van der Waals surface area contributed by atoms with Crippen LogP contribution in [0.5, 0.6) is 0 Å². The summed E-state index contributed by atoms with van der Waals surface area (Å²) in [6, 6.07) is 6.93. The number of hydrogen-bond acceptors (Lipinski definition) is 2. The maximum Gasteiger partial charge on any atom is 0.168 e. The Labute approximate surface area is 67.8 Å². The van der Waals surface area contributed by atoms with Crippen LogP contribution in [0.2, 0.25) is 0 Å². The highest BCUT2D eigenvalue weighted by atomic mass is 32.2. The van der Waals surface area contributed by atoms with Gasteiger partial charge in [-0.3, -0.25) is 0 Å². The molecule has 0 aliphatic rings. The normalized spacial score (nSPS) is 10.4. The number of benzene rings is 1. The third-order valence-corrected chi connectivity index (χ3v) is 2.28. The molecule has 0 aliphatic carbocycles. The summed E-state index contributed by atoms with van der Waals surface area (Å²) >= 11 is 0. The smallest absolute Gasteiger partial charge is 0.168 e. The molecule has 11 heavy (non-hydrogen) atoms. The Hall–Kier alpha value is -0.830. The summed E-state index contributed by atoms with van der Waals surface area (Å²) in [6.45, 7) is 2.03. The van der Waals surface area contributed by atoms with Crippen LogP contribution in [0.4, 0.5) is 0 Å². The molecule has 3 heteroatoms. The molecule has 1 rings (SSSR count). The van der Waals surface area contributed by atoms with Crippen molar-refractivity contribution >= 4 is 10.7 Å². The minimum absolute atomic E-state index is 0.386. The molecule has 0 radical (unpaired) electrons. The van der Waals surface area contributed by atoms with Crippen molar-refractivity contribution in [3.8, 4) is 0 Å². The second-order valence-corrected chi connectivity index (χ2v) is 3.31. The van der Waals surface area contributed by atoms with E-state index in [4.69, 9.17) is 0 Å². The Kier molecular flexibility index (Phi) is 2.65. The van der Waals surface area contributed by atoms with E-state index >= 15 is 0 Å². The average molecular weight is 170 g/mol. The van der Waals surface area contributed by atoms with E-state index in [1.54, 1.807) is 12.1 Å². The largest absolute Gasteiger partial charge is 0.227 e. The molecular formula is C8H10O2S. The minimum Gasteiger partial charge on any atom is -0.227 e. The van der Waals surface area contributed by atoms with Crippen LogP contribution in [0.15, 0.2) is 29.2 Å². The highest BCUT2D eigenvalue weighted by molar-refractivity contribution is 7.72. The number of rotatable bonds is 2. The SMILES string of the molecule is CCc1ccc([SH](=O)=O)cc1. The molecule has 0 aliphatic heterocycles. The predicted molar refractivity (Wildman–Crippen MR) is 44.4 cm³/mol. The Bertz CT molecular complexity index is 290. The van der Waals surface area contributed by atoms with Crippen molar-refractivity contribution in [2.24, 2.45) is 0 Å². The number of hydrogen-bond donors (Lipinski definition) is 1. The predicted octanol–water partition coefficient (Wildman–Crippen LogP) is 1.22. The molecule has 0 spiro atoms. The first-order chi connectivity index (χ1) is 5.24. The van der Waals surface area contributed by atoms with Gasteiger partial charge in [-0.2, -0.15) is 0 Å². The quantitative estimate of drug-likeness (QED) is 0.677. The fourth-order valence-corrected chi connectivity index (χ4v) is 1.25. The number of thiol groups is 1. The van der Waals surface area contributed by atoms with Gasteiger partial charge in [-0.15, -0.1) is 0 Å². The highest BCUT2D eigenvalue weighted by Gasteiger charge is 1.92. The summed E-state index contributed by atoms with van der Waals surface area (Å²) in [5.41, 5.74) is 1.16. The summed E-state index contributed by atoms with van der Waals surface area (Å²) in [4.78, 5) is 0.386. The molecule has 0 fully saturated rings. The molecule has 0 atom stereocenters. The van der Waals surface area contributed by atoms with Crippen molar-refractivity contribution in [3.63, 3.8) is 0 Å². The fraction of sp³-hybridized carbons (Fsp3) is 0.250. The Morgan fingerprint density at radius 3 is 2.09 bits per heavy atom. The monoisotopic (exact) mass is 170 g/mol. The molecule has 0 unspecified atom stereocenters. The molecule has 1 aromatic carbocycles. The molecule has 0 bridgehead atoms. The van der Waals surface area contributed by atoms with Crippen LogP contribution in [-0.2, 0) is 17.1 Å². The second-order valence-electron chi connectivity index (χ2n) is 2.28. The molecule has 0 heterocycles. The Morgan fingerprint density at radius 2 is 1.73 bits per heavy atom. The summed E-state index contributed by atoms with van der Waals surface area (Å²) < 4.78 is 20.9. The van der Waals surface area contributed by atoms with Gasteiger partial charge >= 0.3 is 0 Å². The zero-order valence-electron chi connectivity index (χ0n) is 6.28. The van der Waals surface area contributed by atoms with Crippen molar-refractivity contribution < 1.29 is 8.42 Å². The first-order valence-corrected chi connectivity index (χ1v) is 4.65. The number of aryl methyl sites for hydroxylation is 1. The summed E-state index contributed by atoms with van der Waals surface area (Å²) in [6.07, 6.45) is 0.940. The van der Waals surface area contributed by atoms with Gasteiger partial charge < -0.3 is 0 Å². The molecular weight excluding hydrogens is 160 g/mol. The lowest BCUT2D eigenvalue weighted by molar-refractivity contribution is 0.614. The van der Waals surface area contributed by atoms with Crippen LogP contribution in [0.25, 0.3) is 0 Å². The molecule has 2 nitrogen and oxygen atoms in total. The molecule has 0 N–H and O–H groups in total. The van der Waals surface area contributed by atoms with Gasteiger partial charge in [-0.1, -0.05) is 19.1 Å². The van der Waals surface area contributed by atoms with Gasteiger partial charge in [0, 0.05) is 0 Å². The van der Waals surface area contributed by atoms with Crippen LogP contribution in [0.3, 0.4) is 0 Å². The van der Waals surface area contributed by atoms with E-state index in [-0.39, 0.29) is 0 Å². The highest BCUT2D eigenvalue weighted by Crippen LogP contribution is 2.05. The first kappa shape index (κ1) is 8.27. The summed E-state index contributed by atoms with van der Waals surface area (Å²) in [5, 5.41) is 0. The zero-order chi connectivity index (χ0) is 8.27. The molecule has 0 amide bonds. The van der Waals surface area contributed by atoms with Gasteiger partial charge in [0.2, 0.25) is 0 Å². The van der Waals surface area contributed by atoms with Crippen LogP contribution < -0.4 is 0 Å².